The van der Waals surface area contributed by atoms with Crippen LogP contribution < -0.4 is 15.4 Å². The molecule has 0 spiro atoms. The molecule has 1 fully saturated rings. The molecule has 20 heavy (non-hydrogen) atoms. The van der Waals surface area contributed by atoms with Crippen molar-refractivity contribution in [3.05, 3.63) is 29.8 Å². The van der Waals surface area contributed by atoms with Gasteiger partial charge in [0.15, 0.2) is 5.96 Å². The average Bonchev–Trinajstić information content (AvgIpc) is 2.72. The highest BCUT2D eigenvalue weighted by molar-refractivity contribution is 6.08. The minimum absolute atomic E-state index is 0.0387. The largest absolute Gasteiger partial charge is 0.497 e. The number of rotatable bonds is 5. The molecule has 0 saturated carbocycles. The van der Waals surface area contributed by atoms with Crippen molar-refractivity contribution in [1.29, 1.82) is 0 Å². The first-order chi connectivity index (χ1) is 9.57. The van der Waals surface area contributed by atoms with Crippen LogP contribution in [0.25, 0.3) is 0 Å². The summed E-state index contributed by atoms with van der Waals surface area (Å²) in [6, 6.07) is 7.75. The van der Waals surface area contributed by atoms with Gasteiger partial charge in [-0.2, -0.15) is 0 Å². The number of aliphatic imine (C=N–C) groups is 1. The predicted octanol–water partition coefficient (Wildman–Crippen LogP) is 1.48. The van der Waals surface area contributed by atoms with Gasteiger partial charge in [-0.05, 0) is 31.0 Å². The van der Waals surface area contributed by atoms with Crippen LogP contribution in [0.3, 0.4) is 0 Å². The Bertz CT molecular complexity index is 510. The minimum Gasteiger partial charge on any atom is -0.497 e. The summed E-state index contributed by atoms with van der Waals surface area (Å²) in [5, 5.41) is 5.98. The summed E-state index contributed by atoms with van der Waals surface area (Å²) in [4.78, 5) is 16.4. The molecule has 1 aliphatic rings. The molecule has 0 aliphatic carbocycles. The van der Waals surface area contributed by atoms with Crippen LogP contribution in [0, 0.1) is 0 Å². The Labute approximate surface area is 119 Å². The maximum atomic E-state index is 12.1. The maximum absolute atomic E-state index is 12.1. The number of benzene rings is 1. The lowest BCUT2D eigenvalue weighted by molar-refractivity contribution is -0.123. The van der Waals surface area contributed by atoms with Crippen LogP contribution >= 0.6 is 0 Å². The Morgan fingerprint density at radius 3 is 2.60 bits per heavy atom. The van der Waals surface area contributed by atoms with Crippen molar-refractivity contribution in [2.45, 2.75) is 32.2 Å². The van der Waals surface area contributed by atoms with Gasteiger partial charge in [-0.3, -0.25) is 15.1 Å². The number of carbonyl (C=O) groups excluding carboxylic acids is 1. The Balaban J connectivity index is 2.08. The van der Waals surface area contributed by atoms with E-state index in [0.717, 1.165) is 17.7 Å². The molecule has 2 N–H and O–H groups in total. The van der Waals surface area contributed by atoms with E-state index in [1.165, 1.54) is 0 Å². The fraction of sp³-hybridized carbons (Fsp3) is 0.467. The zero-order valence-corrected chi connectivity index (χ0v) is 12.2. The second kappa shape index (κ2) is 5.94. The lowest BCUT2D eigenvalue weighted by atomic mass is 9.93. The number of methoxy groups -OCH3 is 1. The van der Waals surface area contributed by atoms with Crippen molar-refractivity contribution in [1.82, 2.24) is 10.6 Å². The molecule has 5 heteroatoms. The first-order valence-corrected chi connectivity index (χ1v) is 6.84. The summed E-state index contributed by atoms with van der Waals surface area (Å²) < 4.78 is 5.13. The van der Waals surface area contributed by atoms with Gasteiger partial charge in [0.1, 0.15) is 11.3 Å². The topological polar surface area (TPSA) is 62.7 Å². The number of carbonyl (C=O) groups is 1. The summed E-state index contributed by atoms with van der Waals surface area (Å²) in [5.74, 6) is 1.35. The Hall–Kier alpha value is -2.04. The maximum Gasteiger partial charge on any atom is 0.252 e. The lowest BCUT2D eigenvalue weighted by Crippen LogP contribution is -2.45. The highest BCUT2D eigenvalue weighted by Gasteiger charge is 2.40. The number of guanidine groups is 1. The molecule has 1 heterocycles. The van der Waals surface area contributed by atoms with Crippen LogP contribution in [0.2, 0.25) is 0 Å². The summed E-state index contributed by atoms with van der Waals surface area (Å²) >= 11 is 0. The van der Waals surface area contributed by atoms with E-state index in [9.17, 15) is 4.79 Å². The second-order valence-electron chi connectivity index (χ2n) is 5.17. The van der Waals surface area contributed by atoms with E-state index in [1.807, 2.05) is 31.2 Å². The summed E-state index contributed by atoms with van der Waals surface area (Å²) in [6.07, 6.45) is 1.56. The van der Waals surface area contributed by atoms with E-state index in [2.05, 4.69) is 22.5 Å². The fourth-order valence-corrected chi connectivity index (χ4v) is 2.17. The molecule has 0 radical (unpaired) electrons. The molecular weight excluding hydrogens is 254 g/mol. The van der Waals surface area contributed by atoms with Gasteiger partial charge in [-0.15, -0.1) is 0 Å². The van der Waals surface area contributed by atoms with Gasteiger partial charge in [0, 0.05) is 13.0 Å². The number of amides is 1. The van der Waals surface area contributed by atoms with E-state index in [-0.39, 0.29) is 5.91 Å². The number of hydrogen-bond acceptors (Lipinski definition) is 3. The molecule has 5 nitrogen and oxygen atoms in total. The molecule has 1 unspecified atom stereocenters. The lowest BCUT2D eigenvalue weighted by Gasteiger charge is -2.21. The van der Waals surface area contributed by atoms with Crippen molar-refractivity contribution in [2.24, 2.45) is 4.99 Å². The second-order valence-corrected chi connectivity index (χ2v) is 5.17. The van der Waals surface area contributed by atoms with Gasteiger partial charge in [-0.1, -0.05) is 19.1 Å². The third kappa shape index (κ3) is 3.10. The molecule has 1 amide bonds. The monoisotopic (exact) mass is 275 g/mol. The molecule has 1 aromatic rings. The van der Waals surface area contributed by atoms with Gasteiger partial charge < -0.3 is 10.1 Å². The third-order valence-corrected chi connectivity index (χ3v) is 3.34. The number of nitrogens with zero attached hydrogens (tertiary/aromatic N) is 1. The standard InChI is InChI=1S/C15H21N3O2/c1-4-9-16-14-17-13(19)15(2,18-14)10-11-5-7-12(20-3)8-6-11/h5-8H,4,9-10H2,1-3H3,(H2,16,17,18,19). The molecule has 0 bridgehead atoms. The quantitative estimate of drug-likeness (QED) is 0.855. The van der Waals surface area contributed by atoms with Gasteiger partial charge >= 0.3 is 0 Å². The van der Waals surface area contributed by atoms with Crippen LogP contribution in [0.1, 0.15) is 25.8 Å². The van der Waals surface area contributed by atoms with Gasteiger partial charge in [0.2, 0.25) is 0 Å². The molecule has 1 saturated heterocycles. The zero-order chi connectivity index (χ0) is 14.6. The summed E-state index contributed by atoms with van der Waals surface area (Å²) in [5.41, 5.74) is 0.425. The Morgan fingerprint density at radius 2 is 2.00 bits per heavy atom. The molecule has 108 valence electrons. The number of hydrogen-bond donors (Lipinski definition) is 2. The molecule has 0 aromatic heterocycles. The Morgan fingerprint density at radius 1 is 1.30 bits per heavy atom. The SMILES string of the molecule is CCCN=C1NC(=O)C(C)(Cc2ccc(OC)cc2)N1. The van der Waals surface area contributed by atoms with Crippen molar-refractivity contribution in [3.63, 3.8) is 0 Å². The number of nitrogens with one attached hydrogen (secondary N) is 2. The first kappa shape index (κ1) is 14.4. The van der Waals surface area contributed by atoms with Crippen molar-refractivity contribution >= 4 is 11.9 Å². The van der Waals surface area contributed by atoms with Gasteiger partial charge in [0.25, 0.3) is 5.91 Å². The molecule has 2 rings (SSSR count). The van der Waals surface area contributed by atoms with Crippen LogP contribution in [-0.4, -0.2) is 31.1 Å². The normalized spacial score (nSPS) is 23.6. The van der Waals surface area contributed by atoms with Crippen LogP contribution in [0.15, 0.2) is 29.3 Å². The highest BCUT2D eigenvalue weighted by Crippen LogP contribution is 2.19. The van der Waals surface area contributed by atoms with E-state index in [4.69, 9.17) is 4.74 Å². The zero-order valence-electron chi connectivity index (χ0n) is 12.2. The molecule has 1 atom stereocenters. The van der Waals surface area contributed by atoms with Crippen LogP contribution in [0.5, 0.6) is 5.75 Å². The Kier molecular flexibility index (Phi) is 4.27. The average molecular weight is 275 g/mol. The van der Waals surface area contributed by atoms with Gasteiger partial charge in [0.05, 0.1) is 7.11 Å². The molecule has 1 aliphatic heterocycles. The third-order valence-electron chi connectivity index (χ3n) is 3.34. The first-order valence-electron chi connectivity index (χ1n) is 6.84. The molecule has 1 aromatic carbocycles. The smallest absolute Gasteiger partial charge is 0.252 e. The summed E-state index contributed by atoms with van der Waals surface area (Å²) in [6.45, 7) is 4.65. The minimum atomic E-state index is -0.652. The van der Waals surface area contributed by atoms with Crippen LogP contribution in [-0.2, 0) is 11.2 Å². The fourth-order valence-electron chi connectivity index (χ4n) is 2.17. The summed E-state index contributed by atoms with van der Waals surface area (Å²) in [7, 11) is 1.64. The van der Waals surface area contributed by atoms with E-state index in [0.29, 0.717) is 18.9 Å². The predicted molar refractivity (Wildman–Crippen MR) is 79.0 cm³/mol. The van der Waals surface area contributed by atoms with Crippen molar-refractivity contribution < 1.29 is 9.53 Å². The van der Waals surface area contributed by atoms with E-state index < -0.39 is 5.54 Å². The van der Waals surface area contributed by atoms with Crippen molar-refractivity contribution in [3.8, 4) is 5.75 Å². The van der Waals surface area contributed by atoms with Crippen LogP contribution in [0.4, 0.5) is 0 Å². The number of ether oxygens (including phenoxy) is 1. The highest BCUT2D eigenvalue weighted by atomic mass is 16.5. The van der Waals surface area contributed by atoms with Crippen molar-refractivity contribution in [2.75, 3.05) is 13.7 Å². The van der Waals surface area contributed by atoms with E-state index in [1.54, 1.807) is 7.11 Å². The molecular formula is C15H21N3O2. The van der Waals surface area contributed by atoms with E-state index >= 15 is 0 Å². The van der Waals surface area contributed by atoms with Gasteiger partial charge in [-0.25, -0.2) is 0 Å².